The fraction of sp³-hybridized carbons (Fsp3) is 0.100. The molecule has 0 amide bonds. The Morgan fingerprint density at radius 2 is 2.43 bits per heavy atom. The Balaban J connectivity index is 2.95. The van der Waals surface area contributed by atoms with Crippen molar-refractivity contribution in [2.24, 2.45) is 10.7 Å². The van der Waals surface area contributed by atoms with Crippen molar-refractivity contribution >= 4 is 12.0 Å². The molecular formula is C10H11N3O. The van der Waals surface area contributed by atoms with Gasteiger partial charge in [-0.1, -0.05) is 6.07 Å². The SMILES string of the molecule is CC(=N/C(C=O)=C/N)c1cccnc1. The van der Waals surface area contributed by atoms with Crippen LogP contribution in [-0.4, -0.2) is 17.0 Å². The largest absolute Gasteiger partial charge is 0.403 e. The maximum absolute atomic E-state index is 10.4. The van der Waals surface area contributed by atoms with E-state index in [-0.39, 0.29) is 5.70 Å². The van der Waals surface area contributed by atoms with Gasteiger partial charge in [-0.3, -0.25) is 9.78 Å². The lowest BCUT2D eigenvalue weighted by Gasteiger charge is -1.98. The van der Waals surface area contributed by atoms with Gasteiger partial charge in [-0.15, -0.1) is 0 Å². The molecule has 4 heteroatoms. The Kier molecular flexibility index (Phi) is 3.55. The zero-order valence-electron chi connectivity index (χ0n) is 7.84. The minimum atomic E-state index is 0.214. The Morgan fingerprint density at radius 3 is 2.93 bits per heavy atom. The van der Waals surface area contributed by atoms with Gasteiger partial charge in [0.2, 0.25) is 0 Å². The first-order chi connectivity index (χ1) is 6.77. The number of carbonyl (C=O) groups excluding carboxylic acids is 1. The van der Waals surface area contributed by atoms with Gasteiger partial charge in [0.15, 0.2) is 6.29 Å². The first-order valence-corrected chi connectivity index (χ1v) is 4.10. The van der Waals surface area contributed by atoms with Crippen LogP contribution < -0.4 is 5.73 Å². The number of pyridine rings is 1. The van der Waals surface area contributed by atoms with E-state index in [0.717, 1.165) is 5.56 Å². The number of hydrogen-bond acceptors (Lipinski definition) is 4. The fourth-order valence-corrected chi connectivity index (χ4v) is 0.938. The molecular weight excluding hydrogens is 178 g/mol. The Hall–Kier alpha value is -1.97. The van der Waals surface area contributed by atoms with Gasteiger partial charge in [-0.25, -0.2) is 4.99 Å². The van der Waals surface area contributed by atoms with Crippen LogP contribution in [-0.2, 0) is 4.79 Å². The van der Waals surface area contributed by atoms with Crippen molar-refractivity contribution in [2.45, 2.75) is 6.92 Å². The first kappa shape index (κ1) is 10.1. The standard InChI is InChI=1S/C10H11N3O/c1-8(13-10(5-11)7-14)9-3-2-4-12-6-9/h2-7H,11H2,1H3/b10-5+,13-8?. The molecule has 0 aliphatic rings. The average molecular weight is 189 g/mol. The predicted molar refractivity (Wildman–Crippen MR) is 54.8 cm³/mol. The summed E-state index contributed by atoms with van der Waals surface area (Å²) in [7, 11) is 0. The number of rotatable bonds is 3. The first-order valence-electron chi connectivity index (χ1n) is 4.10. The van der Waals surface area contributed by atoms with E-state index in [4.69, 9.17) is 5.73 Å². The molecule has 1 aromatic heterocycles. The van der Waals surface area contributed by atoms with Crippen LogP contribution in [0.4, 0.5) is 0 Å². The van der Waals surface area contributed by atoms with Crippen molar-refractivity contribution in [1.82, 2.24) is 4.98 Å². The molecule has 0 unspecified atom stereocenters. The molecule has 0 fully saturated rings. The summed E-state index contributed by atoms with van der Waals surface area (Å²) in [4.78, 5) is 18.4. The van der Waals surface area contributed by atoms with E-state index in [1.165, 1.54) is 6.20 Å². The monoisotopic (exact) mass is 189 g/mol. The van der Waals surface area contributed by atoms with Crippen LogP contribution in [0.5, 0.6) is 0 Å². The van der Waals surface area contributed by atoms with Crippen molar-refractivity contribution in [3.05, 3.63) is 42.0 Å². The molecule has 0 saturated heterocycles. The minimum Gasteiger partial charge on any atom is -0.403 e. The molecule has 0 atom stereocenters. The summed E-state index contributed by atoms with van der Waals surface area (Å²) in [6.07, 6.45) is 5.14. The zero-order valence-corrected chi connectivity index (χ0v) is 7.84. The summed E-state index contributed by atoms with van der Waals surface area (Å²) in [5.74, 6) is 0. The Labute approximate surface area is 82.2 Å². The molecule has 0 spiro atoms. The Bertz CT molecular complexity index is 368. The van der Waals surface area contributed by atoms with E-state index in [1.54, 1.807) is 25.4 Å². The smallest absolute Gasteiger partial charge is 0.169 e. The predicted octanol–water partition coefficient (Wildman–Crippen LogP) is 0.890. The molecule has 1 rings (SSSR count). The van der Waals surface area contributed by atoms with Crippen molar-refractivity contribution in [3.8, 4) is 0 Å². The number of hydrogen-bond donors (Lipinski definition) is 1. The highest BCUT2D eigenvalue weighted by molar-refractivity contribution is 6.00. The van der Waals surface area contributed by atoms with Gasteiger partial charge in [0, 0.05) is 29.9 Å². The second-order valence-corrected chi connectivity index (χ2v) is 2.65. The summed E-state index contributed by atoms with van der Waals surface area (Å²) in [6, 6.07) is 3.67. The zero-order chi connectivity index (χ0) is 10.4. The topological polar surface area (TPSA) is 68.3 Å². The molecule has 0 aliphatic carbocycles. The third kappa shape index (κ3) is 2.52. The lowest BCUT2D eigenvalue weighted by molar-refractivity contribution is -0.104. The van der Waals surface area contributed by atoms with Crippen LogP contribution in [0, 0.1) is 0 Å². The Morgan fingerprint density at radius 1 is 1.64 bits per heavy atom. The normalized spacial score (nSPS) is 12.6. The number of nitrogens with two attached hydrogens (primary N) is 1. The number of aldehydes is 1. The summed E-state index contributed by atoms with van der Waals surface area (Å²) >= 11 is 0. The third-order valence-corrected chi connectivity index (χ3v) is 1.67. The molecule has 72 valence electrons. The molecule has 0 aliphatic heterocycles. The molecule has 1 heterocycles. The van der Waals surface area contributed by atoms with Crippen LogP contribution in [0.15, 0.2) is 41.4 Å². The van der Waals surface area contributed by atoms with E-state index in [0.29, 0.717) is 12.0 Å². The maximum Gasteiger partial charge on any atom is 0.169 e. The van der Waals surface area contributed by atoms with Gasteiger partial charge in [-0.2, -0.15) is 0 Å². The maximum atomic E-state index is 10.4. The molecule has 0 bridgehead atoms. The molecule has 14 heavy (non-hydrogen) atoms. The van der Waals surface area contributed by atoms with Crippen molar-refractivity contribution in [3.63, 3.8) is 0 Å². The van der Waals surface area contributed by atoms with Crippen molar-refractivity contribution in [1.29, 1.82) is 0 Å². The average Bonchev–Trinajstić information content (AvgIpc) is 2.26. The highest BCUT2D eigenvalue weighted by Crippen LogP contribution is 2.01. The molecule has 0 aromatic carbocycles. The summed E-state index contributed by atoms with van der Waals surface area (Å²) in [5, 5.41) is 0. The van der Waals surface area contributed by atoms with Gasteiger partial charge >= 0.3 is 0 Å². The molecule has 1 aromatic rings. The van der Waals surface area contributed by atoms with Gasteiger partial charge in [0.25, 0.3) is 0 Å². The fourth-order valence-electron chi connectivity index (χ4n) is 0.938. The molecule has 2 N–H and O–H groups in total. The van der Waals surface area contributed by atoms with Crippen LogP contribution in [0.25, 0.3) is 0 Å². The lowest BCUT2D eigenvalue weighted by atomic mass is 10.2. The summed E-state index contributed by atoms with van der Waals surface area (Å²) in [6.45, 7) is 1.80. The van der Waals surface area contributed by atoms with Crippen molar-refractivity contribution in [2.75, 3.05) is 0 Å². The van der Waals surface area contributed by atoms with Crippen LogP contribution in [0.3, 0.4) is 0 Å². The van der Waals surface area contributed by atoms with Crippen LogP contribution in [0.1, 0.15) is 12.5 Å². The van der Waals surface area contributed by atoms with Crippen LogP contribution in [0.2, 0.25) is 0 Å². The number of aliphatic imine (C=N–C) groups is 1. The van der Waals surface area contributed by atoms with Gasteiger partial charge in [-0.05, 0) is 13.0 Å². The number of aromatic nitrogens is 1. The van der Waals surface area contributed by atoms with Crippen LogP contribution >= 0.6 is 0 Å². The van der Waals surface area contributed by atoms with E-state index in [9.17, 15) is 4.79 Å². The van der Waals surface area contributed by atoms with E-state index < -0.39 is 0 Å². The van der Waals surface area contributed by atoms with E-state index in [2.05, 4.69) is 9.98 Å². The van der Waals surface area contributed by atoms with E-state index in [1.807, 2.05) is 6.07 Å². The molecule has 0 saturated carbocycles. The van der Waals surface area contributed by atoms with Gasteiger partial charge < -0.3 is 5.73 Å². The van der Waals surface area contributed by atoms with Crippen molar-refractivity contribution < 1.29 is 4.79 Å². The van der Waals surface area contributed by atoms with Gasteiger partial charge in [0.05, 0.1) is 0 Å². The summed E-state index contributed by atoms with van der Waals surface area (Å²) in [5.41, 5.74) is 6.99. The summed E-state index contributed by atoms with van der Waals surface area (Å²) < 4.78 is 0. The highest BCUT2D eigenvalue weighted by atomic mass is 16.1. The second kappa shape index (κ2) is 4.91. The quantitative estimate of drug-likeness (QED) is 0.436. The third-order valence-electron chi connectivity index (χ3n) is 1.67. The van der Waals surface area contributed by atoms with Gasteiger partial charge in [0.1, 0.15) is 5.70 Å². The minimum absolute atomic E-state index is 0.214. The lowest BCUT2D eigenvalue weighted by Crippen LogP contribution is -1.98. The molecule has 0 radical (unpaired) electrons. The molecule has 4 nitrogen and oxygen atoms in total. The number of carbonyl (C=O) groups is 1. The number of nitrogens with zero attached hydrogens (tertiary/aromatic N) is 2. The number of allylic oxidation sites excluding steroid dienone is 1. The van der Waals surface area contributed by atoms with E-state index >= 15 is 0 Å². The highest BCUT2D eigenvalue weighted by Gasteiger charge is 1.97. The second-order valence-electron chi connectivity index (χ2n) is 2.65.